The summed E-state index contributed by atoms with van der Waals surface area (Å²) in [6.07, 6.45) is 0. The SMILES string of the molecule is CC(=O)N(C)c1ccc(NCCO)c2c1C(=O)c1ccccc1C2=O. The van der Waals surface area contributed by atoms with E-state index in [1.807, 2.05) is 0 Å². The maximum absolute atomic E-state index is 13.1. The van der Waals surface area contributed by atoms with Crippen LogP contribution in [-0.4, -0.2) is 42.8 Å². The number of aliphatic hydroxyl groups is 1. The van der Waals surface area contributed by atoms with E-state index in [0.717, 1.165) is 0 Å². The van der Waals surface area contributed by atoms with E-state index in [1.54, 1.807) is 43.4 Å². The van der Waals surface area contributed by atoms with Gasteiger partial charge in [0, 0.05) is 37.3 Å². The molecular weight excluding hydrogens is 320 g/mol. The number of fused-ring (bicyclic) bond motifs is 2. The molecule has 0 saturated heterocycles. The molecule has 6 heteroatoms. The monoisotopic (exact) mass is 338 g/mol. The van der Waals surface area contributed by atoms with Gasteiger partial charge in [0.05, 0.1) is 23.4 Å². The molecule has 2 aromatic carbocycles. The number of anilines is 2. The van der Waals surface area contributed by atoms with Crippen LogP contribution in [-0.2, 0) is 4.79 Å². The Labute approximate surface area is 145 Å². The van der Waals surface area contributed by atoms with Crippen molar-refractivity contribution in [3.05, 3.63) is 58.7 Å². The molecule has 0 aliphatic heterocycles. The van der Waals surface area contributed by atoms with E-state index in [0.29, 0.717) is 22.5 Å². The number of carbonyl (C=O) groups is 3. The van der Waals surface area contributed by atoms with Crippen molar-refractivity contribution in [1.82, 2.24) is 0 Å². The van der Waals surface area contributed by atoms with Crippen LogP contribution >= 0.6 is 0 Å². The van der Waals surface area contributed by atoms with E-state index in [4.69, 9.17) is 5.11 Å². The summed E-state index contributed by atoms with van der Waals surface area (Å²) in [6.45, 7) is 1.54. The molecule has 1 aliphatic rings. The number of benzene rings is 2. The second-order valence-electron chi connectivity index (χ2n) is 5.81. The van der Waals surface area contributed by atoms with Gasteiger partial charge in [-0.15, -0.1) is 0 Å². The number of rotatable bonds is 4. The van der Waals surface area contributed by atoms with Gasteiger partial charge in [-0.3, -0.25) is 14.4 Å². The normalized spacial score (nSPS) is 12.4. The molecule has 128 valence electrons. The largest absolute Gasteiger partial charge is 0.395 e. The van der Waals surface area contributed by atoms with E-state index in [1.165, 1.54) is 11.8 Å². The van der Waals surface area contributed by atoms with Crippen LogP contribution in [0.1, 0.15) is 38.8 Å². The molecule has 0 aromatic heterocycles. The maximum Gasteiger partial charge on any atom is 0.223 e. The first-order chi connectivity index (χ1) is 12.0. The van der Waals surface area contributed by atoms with E-state index in [-0.39, 0.29) is 41.8 Å². The second kappa shape index (κ2) is 6.49. The first-order valence-electron chi connectivity index (χ1n) is 7.91. The highest BCUT2D eigenvalue weighted by Crippen LogP contribution is 2.37. The van der Waals surface area contributed by atoms with Crippen LogP contribution in [0.2, 0.25) is 0 Å². The minimum Gasteiger partial charge on any atom is -0.395 e. The number of nitrogens with one attached hydrogen (secondary N) is 1. The molecule has 6 nitrogen and oxygen atoms in total. The third-order valence-corrected chi connectivity index (χ3v) is 4.31. The second-order valence-corrected chi connectivity index (χ2v) is 5.81. The molecule has 1 aliphatic carbocycles. The third kappa shape index (κ3) is 2.70. The van der Waals surface area contributed by atoms with E-state index in [9.17, 15) is 14.4 Å². The standard InChI is InChI=1S/C19H18N2O4/c1-11(23)21(2)15-8-7-14(20-9-10-22)16-17(15)19(25)13-6-4-3-5-12(13)18(16)24/h3-8,20,22H,9-10H2,1-2H3. The Hall–Kier alpha value is -2.99. The Balaban J connectivity index is 2.28. The number of hydrogen-bond donors (Lipinski definition) is 2. The van der Waals surface area contributed by atoms with Crippen LogP contribution in [0.15, 0.2) is 36.4 Å². The molecule has 0 radical (unpaired) electrons. The number of nitrogens with zero attached hydrogens (tertiary/aromatic N) is 1. The first-order valence-corrected chi connectivity index (χ1v) is 7.91. The lowest BCUT2D eigenvalue weighted by Gasteiger charge is -2.26. The Bertz CT molecular complexity index is 889. The first kappa shape index (κ1) is 16.9. The van der Waals surface area contributed by atoms with E-state index in [2.05, 4.69) is 5.32 Å². The van der Waals surface area contributed by atoms with Gasteiger partial charge in [-0.2, -0.15) is 0 Å². The lowest BCUT2D eigenvalue weighted by Crippen LogP contribution is -2.30. The highest BCUT2D eigenvalue weighted by Gasteiger charge is 2.34. The Morgan fingerprint density at radius 1 is 1.04 bits per heavy atom. The predicted molar refractivity (Wildman–Crippen MR) is 94.4 cm³/mol. The minimum absolute atomic E-state index is 0.109. The Kier molecular flexibility index (Phi) is 4.37. The zero-order chi connectivity index (χ0) is 18.1. The minimum atomic E-state index is -0.291. The van der Waals surface area contributed by atoms with Crippen molar-refractivity contribution in [2.75, 3.05) is 30.4 Å². The highest BCUT2D eigenvalue weighted by molar-refractivity contribution is 6.32. The molecule has 0 atom stereocenters. The van der Waals surface area contributed by atoms with Gasteiger partial charge in [-0.25, -0.2) is 0 Å². The van der Waals surface area contributed by atoms with Crippen LogP contribution in [0.5, 0.6) is 0 Å². The zero-order valence-electron chi connectivity index (χ0n) is 14.0. The van der Waals surface area contributed by atoms with Gasteiger partial charge in [0.25, 0.3) is 0 Å². The molecular formula is C19H18N2O4. The molecule has 3 rings (SSSR count). The van der Waals surface area contributed by atoms with Gasteiger partial charge in [0.1, 0.15) is 0 Å². The van der Waals surface area contributed by atoms with Crippen LogP contribution in [0.25, 0.3) is 0 Å². The van der Waals surface area contributed by atoms with Crippen LogP contribution in [0.4, 0.5) is 11.4 Å². The lowest BCUT2D eigenvalue weighted by molar-refractivity contribution is -0.116. The van der Waals surface area contributed by atoms with Crippen molar-refractivity contribution >= 4 is 28.8 Å². The summed E-state index contributed by atoms with van der Waals surface area (Å²) in [5.74, 6) is -0.803. The summed E-state index contributed by atoms with van der Waals surface area (Å²) in [6, 6.07) is 9.94. The average molecular weight is 338 g/mol. The number of hydrogen-bond acceptors (Lipinski definition) is 5. The van der Waals surface area contributed by atoms with Gasteiger partial charge in [-0.05, 0) is 12.1 Å². The van der Waals surface area contributed by atoms with Crippen molar-refractivity contribution in [1.29, 1.82) is 0 Å². The molecule has 0 bridgehead atoms. The van der Waals surface area contributed by atoms with Crippen molar-refractivity contribution < 1.29 is 19.5 Å². The molecule has 1 amide bonds. The summed E-state index contributed by atoms with van der Waals surface area (Å²) in [7, 11) is 1.57. The summed E-state index contributed by atoms with van der Waals surface area (Å²) in [5, 5.41) is 12.0. The molecule has 0 saturated carbocycles. The lowest BCUT2D eigenvalue weighted by atomic mass is 9.82. The zero-order valence-corrected chi connectivity index (χ0v) is 14.0. The summed E-state index contributed by atoms with van der Waals surface area (Å²) in [5.41, 5.74) is 1.99. The van der Waals surface area contributed by atoms with Crippen molar-refractivity contribution in [2.45, 2.75) is 6.92 Å². The summed E-state index contributed by atoms with van der Waals surface area (Å²) < 4.78 is 0. The van der Waals surface area contributed by atoms with Crippen LogP contribution in [0, 0.1) is 0 Å². The summed E-state index contributed by atoms with van der Waals surface area (Å²) >= 11 is 0. The van der Waals surface area contributed by atoms with E-state index < -0.39 is 0 Å². The number of amides is 1. The molecule has 0 spiro atoms. The smallest absolute Gasteiger partial charge is 0.223 e. The fourth-order valence-electron chi connectivity index (χ4n) is 2.99. The molecule has 0 unspecified atom stereocenters. The van der Waals surface area contributed by atoms with Crippen LogP contribution < -0.4 is 10.2 Å². The summed E-state index contributed by atoms with van der Waals surface area (Å²) in [4.78, 5) is 39.2. The maximum atomic E-state index is 13.1. The van der Waals surface area contributed by atoms with Gasteiger partial charge in [0.15, 0.2) is 11.6 Å². The highest BCUT2D eigenvalue weighted by atomic mass is 16.3. The molecule has 0 fully saturated rings. The topological polar surface area (TPSA) is 86.7 Å². The third-order valence-electron chi connectivity index (χ3n) is 4.31. The average Bonchev–Trinajstić information content (AvgIpc) is 2.63. The fraction of sp³-hybridized carbons (Fsp3) is 0.211. The van der Waals surface area contributed by atoms with Gasteiger partial charge >= 0.3 is 0 Å². The van der Waals surface area contributed by atoms with Crippen LogP contribution in [0.3, 0.4) is 0 Å². The molecule has 2 N–H and O–H groups in total. The molecule has 0 heterocycles. The Morgan fingerprint density at radius 3 is 2.20 bits per heavy atom. The molecule has 2 aromatic rings. The predicted octanol–water partition coefficient (Wildman–Crippen LogP) is 1.85. The van der Waals surface area contributed by atoms with Crippen molar-refractivity contribution in [3.63, 3.8) is 0 Å². The number of carbonyl (C=O) groups excluding carboxylic acids is 3. The fourth-order valence-corrected chi connectivity index (χ4v) is 2.99. The van der Waals surface area contributed by atoms with Gasteiger partial charge in [0.2, 0.25) is 5.91 Å². The quantitative estimate of drug-likeness (QED) is 0.758. The molecule has 25 heavy (non-hydrogen) atoms. The van der Waals surface area contributed by atoms with Gasteiger partial charge < -0.3 is 15.3 Å². The van der Waals surface area contributed by atoms with E-state index >= 15 is 0 Å². The van der Waals surface area contributed by atoms with Crippen molar-refractivity contribution in [3.8, 4) is 0 Å². The number of ketones is 2. The van der Waals surface area contributed by atoms with Gasteiger partial charge in [-0.1, -0.05) is 24.3 Å². The van der Waals surface area contributed by atoms with Crippen molar-refractivity contribution in [2.24, 2.45) is 0 Å². The Morgan fingerprint density at radius 2 is 1.64 bits per heavy atom. The number of aliphatic hydroxyl groups excluding tert-OH is 1.